The van der Waals surface area contributed by atoms with Crippen molar-refractivity contribution in [3.05, 3.63) is 0 Å². The van der Waals surface area contributed by atoms with E-state index in [0.717, 1.165) is 38.2 Å². The Bertz CT molecular complexity index is 310. The van der Waals surface area contributed by atoms with Crippen LogP contribution in [-0.2, 0) is 9.47 Å². The summed E-state index contributed by atoms with van der Waals surface area (Å²) in [5, 5.41) is 0. The van der Waals surface area contributed by atoms with Gasteiger partial charge in [-0.25, -0.2) is 0 Å². The Morgan fingerprint density at radius 2 is 2.26 bits per heavy atom. The average Bonchev–Trinajstić information content (AvgIpc) is 3.02. The lowest BCUT2D eigenvalue weighted by Crippen LogP contribution is -2.53. The van der Waals surface area contributed by atoms with Gasteiger partial charge in [-0.05, 0) is 44.3 Å². The summed E-state index contributed by atoms with van der Waals surface area (Å²) in [6.07, 6.45) is 4.97. The van der Waals surface area contributed by atoms with Gasteiger partial charge in [0.2, 0.25) is 0 Å². The van der Waals surface area contributed by atoms with E-state index in [0.29, 0.717) is 24.0 Å². The molecule has 3 saturated heterocycles. The molecule has 5 unspecified atom stereocenters. The third kappa shape index (κ3) is 2.81. The van der Waals surface area contributed by atoms with Crippen molar-refractivity contribution in [2.45, 2.75) is 50.4 Å². The summed E-state index contributed by atoms with van der Waals surface area (Å²) in [5.41, 5.74) is 3.25. The number of thioether (sulfide) groups is 1. The van der Waals surface area contributed by atoms with Crippen molar-refractivity contribution in [2.24, 2.45) is 17.7 Å². The minimum atomic E-state index is 0.144. The largest absolute Gasteiger partial charge is 0.378 e. The Balaban J connectivity index is 1.68. The SMILES string of the molecule is CC1OCCC1C(NN)C1CCOC2(CCSC2)C1. The van der Waals surface area contributed by atoms with Gasteiger partial charge in [0.15, 0.2) is 0 Å². The second-order valence-electron chi connectivity index (χ2n) is 6.31. The first kappa shape index (κ1) is 14.1. The molecule has 3 heterocycles. The molecule has 110 valence electrons. The number of nitrogens with one attached hydrogen (secondary N) is 1. The molecule has 3 aliphatic heterocycles. The van der Waals surface area contributed by atoms with Crippen LogP contribution in [0.15, 0.2) is 0 Å². The van der Waals surface area contributed by atoms with Crippen LogP contribution in [0.1, 0.15) is 32.6 Å². The lowest BCUT2D eigenvalue weighted by atomic mass is 9.75. The van der Waals surface area contributed by atoms with E-state index in [2.05, 4.69) is 12.3 Å². The van der Waals surface area contributed by atoms with Gasteiger partial charge in [0.25, 0.3) is 0 Å². The van der Waals surface area contributed by atoms with Crippen molar-refractivity contribution >= 4 is 11.8 Å². The molecule has 0 aliphatic carbocycles. The molecule has 0 bridgehead atoms. The van der Waals surface area contributed by atoms with Crippen LogP contribution in [0.2, 0.25) is 0 Å². The van der Waals surface area contributed by atoms with Crippen molar-refractivity contribution in [3.63, 3.8) is 0 Å². The van der Waals surface area contributed by atoms with Crippen molar-refractivity contribution < 1.29 is 9.47 Å². The first-order valence-corrected chi connectivity index (χ1v) is 8.69. The third-order valence-electron chi connectivity index (χ3n) is 5.19. The van der Waals surface area contributed by atoms with Gasteiger partial charge in [-0.3, -0.25) is 11.3 Å². The number of ether oxygens (including phenoxy) is 2. The Labute approximate surface area is 120 Å². The van der Waals surface area contributed by atoms with Gasteiger partial charge < -0.3 is 9.47 Å². The van der Waals surface area contributed by atoms with Gasteiger partial charge in [-0.1, -0.05) is 0 Å². The maximum atomic E-state index is 6.12. The number of rotatable bonds is 3. The molecule has 5 atom stereocenters. The maximum Gasteiger partial charge on any atom is 0.0783 e. The van der Waals surface area contributed by atoms with E-state index < -0.39 is 0 Å². The molecule has 3 rings (SSSR count). The monoisotopic (exact) mass is 286 g/mol. The van der Waals surface area contributed by atoms with Crippen LogP contribution < -0.4 is 11.3 Å². The molecule has 0 aromatic heterocycles. The molecular weight excluding hydrogens is 260 g/mol. The zero-order valence-electron chi connectivity index (χ0n) is 11.8. The van der Waals surface area contributed by atoms with E-state index in [4.69, 9.17) is 15.3 Å². The molecule has 19 heavy (non-hydrogen) atoms. The normalized spacial score (nSPS) is 44.8. The van der Waals surface area contributed by atoms with E-state index in [-0.39, 0.29) is 5.60 Å². The highest BCUT2D eigenvalue weighted by atomic mass is 32.2. The van der Waals surface area contributed by atoms with Gasteiger partial charge >= 0.3 is 0 Å². The minimum Gasteiger partial charge on any atom is -0.378 e. The fourth-order valence-electron chi connectivity index (χ4n) is 4.06. The summed E-state index contributed by atoms with van der Waals surface area (Å²) >= 11 is 2.03. The van der Waals surface area contributed by atoms with Crippen LogP contribution in [0.25, 0.3) is 0 Å². The molecule has 1 spiro atoms. The molecule has 3 N–H and O–H groups in total. The molecule has 3 aliphatic rings. The van der Waals surface area contributed by atoms with Gasteiger partial charge in [0.1, 0.15) is 0 Å². The fourth-order valence-corrected chi connectivity index (χ4v) is 5.44. The molecule has 4 nitrogen and oxygen atoms in total. The Morgan fingerprint density at radius 3 is 2.89 bits per heavy atom. The number of nitrogens with two attached hydrogens (primary N) is 1. The average molecular weight is 286 g/mol. The Hall–Kier alpha value is 0.190. The van der Waals surface area contributed by atoms with E-state index in [1.165, 1.54) is 12.2 Å². The topological polar surface area (TPSA) is 56.5 Å². The van der Waals surface area contributed by atoms with E-state index in [1.54, 1.807) is 0 Å². The van der Waals surface area contributed by atoms with Crippen LogP contribution in [-0.4, -0.2) is 42.5 Å². The summed E-state index contributed by atoms with van der Waals surface area (Å²) in [4.78, 5) is 0. The molecule has 0 aromatic carbocycles. The summed E-state index contributed by atoms with van der Waals surface area (Å²) in [6.45, 7) is 3.96. The summed E-state index contributed by atoms with van der Waals surface area (Å²) in [7, 11) is 0. The summed E-state index contributed by atoms with van der Waals surface area (Å²) in [6, 6.07) is 0.379. The fraction of sp³-hybridized carbons (Fsp3) is 1.00. The zero-order valence-corrected chi connectivity index (χ0v) is 12.6. The highest BCUT2D eigenvalue weighted by Gasteiger charge is 2.45. The van der Waals surface area contributed by atoms with E-state index >= 15 is 0 Å². The highest BCUT2D eigenvalue weighted by molar-refractivity contribution is 7.99. The van der Waals surface area contributed by atoms with Gasteiger partial charge in [-0.15, -0.1) is 0 Å². The van der Waals surface area contributed by atoms with E-state index in [9.17, 15) is 0 Å². The van der Waals surface area contributed by atoms with Crippen molar-refractivity contribution in [3.8, 4) is 0 Å². The minimum absolute atomic E-state index is 0.144. The van der Waals surface area contributed by atoms with E-state index in [1.807, 2.05) is 11.8 Å². The maximum absolute atomic E-state index is 6.12. The molecule has 0 amide bonds. The molecule has 5 heteroatoms. The number of hydrazine groups is 1. The first-order chi connectivity index (χ1) is 9.24. The standard InChI is InChI=1S/C14H26N2O2S/c1-10-12(3-5-17-10)13(16-15)11-2-6-18-14(8-11)4-7-19-9-14/h10-13,16H,2-9,15H2,1H3. The highest BCUT2D eigenvalue weighted by Crippen LogP contribution is 2.43. The number of hydrogen-bond acceptors (Lipinski definition) is 5. The predicted octanol–water partition coefficient (Wildman–Crippen LogP) is 1.55. The van der Waals surface area contributed by atoms with Crippen LogP contribution in [0, 0.1) is 11.8 Å². The van der Waals surface area contributed by atoms with Crippen molar-refractivity contribution in [1.29, 1.82) is 0 Å². The van der Waals surface area contributed by atoms with Crippen molar-refractivity contribution in [2.75, 3.05) is 24.7 Å². The second kappa shape index (κ2) is 5.90. The summed E-state index contributed by atoms with van der Waals surface area (Å²) < 4.78 is 11.8. The van der Waals surface area contributed by atoms with Crippen LogP contribution >= 0.6 is 11.8 Å². The molecule has 0 saturated carbocycles. The predicted molar refractivity (Wildman–Crippen MR) is 78.0 cm³/mol. The Morgan fingerprint density at radius 1 is 1.37 bits per heavy atom. The van der Waals surface area contributed by atoms with Crippen molar-refractivity contribution in [1.82, 2.24) is 5.43 Å². The quantitative estimate of drug-likeness (QED) is 0.609. The lowest BCUT2D eigenvalue weighted by Gasteiger charge is -2.42. The molecule has 3 fully saturated rings. The Kier molecular flexibility index (Phi) is 4.39. The van der Waals surface area contributed by atoms with Gasteiger partial charge in [0.05, 0.1) is 11.7 Å². The van der Waals surface area contributed by atoms with Gasteiger partial charge in [-0.2, -0.15) is 11.8 Å². The zero-order chi connectivity index (χ0) is 13.3. The van der Waals surface area contributed by atoms with Gasteiger partial charge in [0, 0.05) is 30.9 Å². The number of hydrogen-bond donors (Lipinski definition) is 2. The smallest absolute Gasteiger partial charge is 0.0783 e. The third-order valence-corrected chi connectivity index (χ3v) is 6.42. The molecular formula is C14H26N2O2S. The van der Waals surface area contributed by atoms with Crippen LogP contribution in [0.5, 0.6) is 0 Å². The molecule has 0 aromatic rings. The van der Waals surface area contributed by atoms with Crippen LogP contribution in [0.3, 0.4) is 0 Å². The first-order valence-electron chi connectivity index (χ1n) is 7.53. The summed E-state index contributed by atoms with van der Waals surface area (Å²) in [5.74, 6) is 9.48. The molecule has 0 radical (unpaired) electrons. The van der Waals surface area contributed by atoms with Crippen LogP contribution in [0.4, 0.5) is 0 Å². The lowest BCUT2D eigenvalue weighted by molar-refractivity contribution is -0.0900. The second-order valence-corrected chi connectivity index (χ2v) is 7.41.